The highest BCUT2D eigenvalue weighted by molar-refractivity contribution is 6.36. The first-order valence-corrected chi connectivity index (χ1v) is 8.49. The normalized spacial score (nSPS) is 11.9. The number of nitrogens with zero attached hydrogens (tertiary/aromatic N) is 2. The van der Waals surface area contributed by atoms with Gasteiger partial charge in [0.1, 0.15) is 0 Å². The molecular weight excluding hydrogens is 365 g/mol. The summed E-state index contributed by atoms with van der Waals surface area (Å²) >= 11 is 11.7. The summed E-state index contributed by atoms with van der Waals surface area (Å²) in [6, 6.07) is 3.21. The molecule has 0 fully saturated rings. The minimum absolute atomic E-state index is 0.156. The topological polar surface area (TPSA) is 73.2 Å². The fraction of sp³-hybridized carbons (Fsp3) is 0.353. The molecule has 2 heterocycles. The summed E-state index contributed by atoms with van der Waals surface area (Å²) in [5, 5.41) is 3.07. The van der Waals surface area contributed by atoms with Gasteiger partial charge in [-0.3, -0.25) is 4.79 Å². The third-order valence-electron chi connectivity index (χ3n) is 3.81. The summed E-state index contributed by atoms with van der Waals surface area (Å²) in [5.41, 5.74) is 2.21. The van der Waals surface area contributed by atoms with E-state index in [9.17, 15) is 9.59 Å². The average Bonchev–Trinajstić information content (AvgIpc) is 2.84. The van der Waals surface area contributed by atoms with Crippen LogP contribution in [0.1, 0.15) is 35.6 Å². The molecule has 1 amide bonds. The number of amides is 1. The fourth-order valence-corrected chi connectivity index (χ4v) is 2.92. The molecule has 6 nitrogen and oxygen atoms in total. The van der Waals surface area contributed by atoms with E-state index in [0.29, 0.717) is 10.6 Å². The highest BCUT2D eigenvalue weighted by Gasteiger charge is 2.23. The number of esters is 1. The van der Waals surface area contributed by atoms with Gasteiger partial charge in [-0.05, 0) is 39.8 Å². The molecule has 0 saturated heterocycles. The largest absolute Gasteiger partial charge is 0.449 e. The van der Waals surface area contributed by atoms with Crippen LogP contribution in [-0.2, 0) is 16.1 Å². The molecule has 0 saturated carbocycles. The Morgan fingerprint density at radius 3 is 2.56 bits per heavy atom. The van der Waals surface area contributed by atoms with E-state index in [0.717, 1.165) is 17.9 Å². The van der Waals surface area contributed by atoms with Crippen LogP contribution in [0.2, 0.25) is 10.0 Å². The van der Waals surface area contributed by atoms with Crippen LogP contribution >= 0.6 is 23.2 Å². The van der Waals surface area contributed by atoms with Crippen LogP contribution in [0.4, 0.5) is 5.82 Å². The molecule has 2 rings (SSSR count). The van der Waals surface area contributed by atoms with Crippen molar-refractivity contribution >= 4 is 40.9 Å². The summed E-state index contributed by atoms with van der Waals surface area (Å²) in [5.74, 6) is -0.928. The molecule has 2 aromatic heterocycles. The molecule has 0 aliphatic rings. The summed E-state index contributed by atoms with van der Waals surface area (Å²) in [6.45, 7) is 7.98. The lowest BCUT2D eigenvalue weighted by Crippen LogP contribution is -2.30. The second-order valence-corrected chi connectivity index (χ2v) is 6.39. The first-order chi connectivity index (χ1) is 11.7. The van der Waals surface area contributed by atoms with E-state index >= 15 is 0 Å². The van der Waals surface area contributed by atoms with Crippen molar-refractivity contribution in [2.45, 2.75) is 40.3 Å². The lowest BCUT2D eigenvalue weighted by Gasteiger charge is -2.14. The van der Waals surface area contributed by atoms with Crippen LogP contribution in [0.25, 0.3) is 0 Å². The monoisotopic (exact) mass is 383 g/mol. The molecule has 25 heavy (non-hydrogen) atoms. The number of ether oxygens (including phenoxy) is 1. The van der Waals surface area contributed by atoms with Crippen molar-refractivity contribution in [2.75, 3.05) is 5.32 Å². The Morgan fingerprint density at radius 2 is 2.00 bits per heavy atom. The van der Waals surface area contributed by atoms with E-state index in [1.54, 1.807) is 6.07 Å². The van der Waals surface area contributed by atoms with Gasteiger partial charge < -0.3 is 14.6 Å². The number of nitrogens with one attached hydrogen (secondary N) is 1. The lowest BCUT2D eigenvalue weighted by atomic mass is 10.2. The van der Waals surface area contributed by atoms with E-state index in [4.69, 9.17) is 27.9 Å². The Bertz CT molecular complexity index is 818. The molecule has 0 bridgehead atoms. The van der Waals surface area contributed by atoms with E-state index in [1.165, 1.54) is 19.2 Å². The number of pyridine rings is 1. The van der Waals surface area contributed by atoms with Crippen molar-refractivity contribution in [3.05, 3.63) is 45.3 Å². The minimum Gasteiger partial charge on any atom is -0.449 e. The van der Waals surface area contributed by atoms with Gasteiger partial charge in [0.05, 0.1) is 15.6 Å². The van der Waals surface area contributed by atoms with Crippen molar-refractivity contribution < 1.29 is 14.3 Å². The van der Waals surface area contributed by atoms with Crippen LogP contribution in [0, 0.1) is 13.8 Å². The van der Waals surface area contributed by atoms with Crippen molar-refractivity contribution in [1.82, 2.24) is 9.55 Å². The predicted octanol–water partition coefficient (Wildman–Crippen LogP) is 4.01. The maximum Gasteiger partial charge on any atom is 0.340 e. The minimum atomic E-state index is -1.01. The van der Waals surface area contributed by atoms with Gasteiger partial charge in [0.15, 0.2) is 11.9 Å². The molecule has 0 unspecified atom stereocenters. The summed E-state index contributed by atoms with van der Waals surface area (Å²) in [4.78, 5) is 28.5. The molecule has 0 aliphatic heterocycles. The molecule has 0 spiro atoms. The number of aryl methyl sites for hydroxylation is 1. The second-order valence-electron chi connectivity index (χ2n) is 5.55. The standard InChI is InChI=1S/C17H19Cl2N3O3/c1-5-22-9(2)6-13(10(22)3)17(24)25-11(4)16(23)21-15-14(19)7-12(18)8-20-15/h6-8,11H,5H2,1-4H3,(H,20,21,23)/t11-/m0/s1. The van der Waals surface area contributed by atoms with Gasteiger partial charge in [-0.2, -0.15) is 0 Å². The number of hydrogen-bond donors (Lipinski definition) is 1. The van der Waals surface area contributed by atoms with Gasteiger partial charge in [-0.15, -0.1) is 0 Å². The van der Waals surface area contributed by atoms with Gasteiger partial charge in [-0.25, -0.2) is 9.78 Å². The SMILES string of the molecule is CCn1c(C)cc(C(=O)O[C@@H](C)C(=O)Nc2ncc(Cl)cc2Cl)c1C. The number of carbonyl (C=O) groups is 2. The van der Waals surface area contributed by atoms with Gasteiger partial charge in [-0.1, -0.05) is 23.2 Å². The zero-order chi connectivity index (χ0) is 18.7. The van der Waals surface area contributed by atoms with E-state index in [2.05, 4.69) is 10.3 Å². The smallest absolute Gasteiger partial charge is 0.340 e. The van der Waals surface area contributed by atoms with Crippen LogP contribution < -0.4 is 5.32 Å². The van der Waals surface area contributed by atoms with Crippen molar-refractivity contribution in [3.63, 3.8) is 0 Å². The zero-order valence-corrected chi connectivity index (χ0v) is 15.9. The second kappa shape index (κ2) is 7.89. The summed E-state index contributed by atoms with van der Waals surface area (Å²) in [6.07, 6.45) is 0.352. The Hall–Kier alpha value is -2.05. The Labute approximate surface area is 156 Å². The molecule has 2 aromatic rings. The van der Waals surface area contributed by atoms with E-state index in [1.807, 2.05) is 25.3 Å². The Balaban J connectivity index is 2.07. The van der Waals surface area contributed by atoms with Gasteiger partial charge in [0.2, 0.25) is 0 Å². The van der Waals surface area contributed by atoms with Gasteiger partial charge >= 0.3 is 5.97 Å². The highest BCUT2D eigenvalue weighted by atomic mass is 35.5. The lowest BCUT2D eigenvalue weighted by molar-refractivity contribution is -0.123. The molecule has 8 heteroatoms. The van der Waals surface area contributed by atoms with Crippen molar-refractivity contribution in [1.29, 1.82) is 0 Å². The molecule has 0 aliphatic carbocycles. The van der Waals surface area contributed by atoms with Crippen LogP contribution in [-0.4, -0.2) is 27.5 Å². The summed E-state index contributed by atoms with van der Waals surface area (Å²) < 4.78 is 7.27. The number of carbonyl (C=O) groups excluding carboxylic acids is 2. The van der Waals surface area contributed by atoms with Crippen LogP contribution in [0.3, 0.4) is 0 Å². The average molecular weight is 384 g/mol. The van der Waals surface area contributed by atoms with Crippen LogP contribution in [0.5, 0.6) is 0 Å². The van der Waals surface area contributed by atoms with Crippen LogP contribution in [0.15, 0.2) is 18.3 Å². The van der Waals surface area contributed by atoms with Gasteiger partial charge in [0.25, 0.3) is 5.91 Å². The number of anilines is 1. The third kappa shape index (κ3) is 4.32. The Morgan fingerprint density at radius 1 is 1.32 bits per heavy atom. The Kier molecular flexibility index (Phi) is 6.08. The summed E-state index contributed by atoms with van der Waals surface area (Å²) in [7, 11) is 0. The molecule has 134 valence electrons. The molecule has 0 radical (unpaired) electrons. The fourth-order valence-electron chi connectivity index (χ4n) is 2.50. The number of halogens is 2. The predicted molar refractivity (Wildman–Crippen MR) is 97.3 cm³/mol. The first kappa shape index (κ1) is 19.3. The quantitative estimate of drug-likeness (QED) is 0.791. The van der Waals surface area contributed by atoms with Gasteiger partial charge in [0, 0.05) is 24.1 Å². The molecular formula is C17H19Cl2N3O3. The maximum absolute atomic E-state index is 12.4. The molecule has 0 aromatic carbocycles. The maximum atomic E-state index is 12.4. The highest BCUT2D eigenvalue weighted by Crippen LogP contribution is 2.23. The number of hydrogen-bond acceptors (Lipinski definition) is 4. The van der Waals surface area contributed by atoms with Crippen molar-refractivity contribution in [3.8, 4) is 0 Å². The first-order valence-electron chi connectivity index (χ1n) is 7.74. The number of rotatable bonds is 5. The molecule has 1 atom stereocenters. The van der Waals surface area contributed by atoms with E-state index < -0.39 is 18.0 Å². The van der Waals surface area contributed by atoms with E-state index in [-0.39, 0.29) is 10.8 Å². The zero-order valence-electron chi connectivity index (χ0n) is 14.4. The van der Waals surface area contributed by atoms with Crippen molar-refractivity contribution in [2.24, 2.45) is 0 Å². The third-order valence-corrected chi connectivity index (χ3v) is 4.31. The number of aromatic nitrogens is 2. The molecule has 1 N–H and O–H groups in total.